The SMILES string of the molecule is CC(C)(C)c1ccc(-c2c(-c3ccc4c5ccccc5n(-c5ccccc5)c4c3)c(C#N)c(-c3ccc4c5ccccc5n(-c5ccccc5)c4c3)c(-c3ccc(C(C)(C)C)cc3)c2-c2ccc(C(C)(C)C)cc2)cc1. The van der Waals surface area contributed by atoms with Gasteiger partial charge in [0.1, 0.15) is 6.07 Å². The average molecular weight is 982 g/mol. The first kappa shape index (κ1) is 48.2. The summed E-state index contributed by atoms with van der Waals surface area (Å²) in [6.07, 6.45) is 0. The number of fused-ring (bicyclic) bond motifs is 6. The van der Waals surface area contributed by atoms with Gasteiger partial charge in [-0.1, -0.05) is 232 Å². The molecule has 12 aromatic rings. The Kier molecular flexibility index (Phi) is 11.6. The molecule has 0 bridgehead atoms. The molecule has 0 saturated heterocycles. The molecule has 0 aliphatic rings. The number of nitrogens with zero attached hydrogens (tertiary/aromatic N) is 3. The van der Waals surface area contributed by atoms with Crippen LogP contribution in [0.15, 0.2) is 218 Å². The summed E-state index contributed by atoms with van der Waals surface area (Å²) in [6.45, 7) is 20.5. The second kappa shape index (κ2) is 18.3. The van der Waals surface area contributed by atoms with Crippen molar-refractivity contribution in [3.8, 4) is 73.1 Å². The molecule has 0 saturated carbocycles. The topological polar surface area (TPSA) is 33.6 Å². The van der Waals surface area contributed by atoms with Crippen LogP contribution in [-0.4, -0.2) is 9.13 Å². The van der Waals surface area contributed by atoms with Gasteiger partial charge in [-0.2, -0.15) is 5.26 Å². The molecular formula is C73H63N3. The van der Waals surface area contributed by atoms with Crippen LogP contribution in [0.1, 0.15) is 84.6 Å². The highest BCUT2D eigenvalue weighted by Crippen LogP contribution is 2.54. The Labute approximate surface area is 448 Å². The van der Waals surface area contributed by atoms with Gasteiger partial charge in [-0.05, 0) is 126 Å². The highest BCUT2D eigenvalue weighted by molar-refractivity contribution is 6.15. The first-order valence-corrected chi connectivity index (χ1v) is 26.7. The van der Waals surface area contributed by atoms with Gasteiger partial charge in [-0.25, -0.2) is 0 Å². The van der Waals surface area contributed by atoms with Gasteiger partial charge in [0.15, 0.2) is 0 Å². The van der Waals surface area contributed by atoms with E-state index in [0.29, 0.717) is 5.56 Å². The van der Waals surface area contributed by atoms with E-state index < -0.39 is 0 Å². The van der Waals surface area contributed by atoms with Crippen molar-refractivity contribution in [1.82, 2.24) is 9.13 Å². The highest BCUT2D eigenvalue weighted by Gasteiger charge is 2.31. The second-order valence-corrected chi connectivity index (χ2v) is 23.7. The van der Waals surface area contributed by atoms with E-state index in [-0.39, 0.29) is 16.2 Å². The lowest BCUT2D eigenvalue weighted by molar-refractivity contribution is 0.590. The van der Waals surface area contributed by atoms with Gasteiger partial charge in [0.25, 0.3) is 0 Å². The Morgan fingerprint density at radius 2 is 0.579 bits per heavy atom. The summed E-state index contributed by atoms with van der Waals surface area (Å²) in [5, 5.41) is 17.1. The number of para-hydroxylation sites is 4. The van der Waals surface area contributed by atoms with Gasteiger partial charge < -0.3 is 9.13 Å². The molecule has 3 heteroatoms. The van der Waals surface area contributed by atoms with E-state index in [1.807, 2.05) is 0 Å². The Morgan fingerprint density at radius 3 is 0.908 bits per heavy atom. The van der Waals surface area contributed by atoms with Crippen molar-refractivity contribution in [1.29, 1.82) is 5.26 Å². The number of rotatable bonds is 7. The summed E-state index contributed by atoms with van der Waals surface area (Å²) in [5.74, 6) is 0. The molecular weight excluding hydrogens is 919 g/mol. The third kappa shape index (κ3) is 8.21. The first-order valence-electron chi connectivity index (χ1n) is 26.7. The van der Waals surface area contributed by atoms with Crippen LogP contribution in [0.2, 0.25) is 0 Å². The number of benzene rings is 10. The van der Waals surface area contributed by atoms with Gasteiger partial charge in [0, 0.05) is 44.0 Å². The molecule has 3 nitrogen and oxygen atoms in total. The molecule has 12 rings (SSSR count). The van der Waals surface area contributed by atoms with Crippen LogP contribution in [0.3, 0.4) is 0 Å². The molecule has 0 N–H and O–H groups in total. The van der Waals surface area contributed by atoms with Crippen LogP contribution < -0.4 is 0 Å². The highest BCUT2D eigenvalue weighted by atomic mass is 15.0. The Hall–Kier alpha value is -8.71. The quantitative estimate of drug-likeness (QED) is 0.157. The van der Waals surface area contributed by atoms with E-state index >= 15 is 0 Å². The van der Waals surface area contributed by atoms with Crippen LogP contribution in [-0.2, 0) is 16.2 Å². The van der Waals surface area contributed by atoms with E-state index in [0.717, 1.165) is 99.8 Å². The van der Waals surface area contributed by atoms with E-state index in [9.17, 15) is 5.26 Å². The van der Waals surface area contributed by atoms with Crippen molar-refractivity contribution >= 4 is 43.6 Å². The van der Waals surface area contributed by atoms with Crippen LogP contribution in [0.25, 0.3) is 111 Å². The molecule has 0 atom stereocenters. The molecule has 0 amide bonds. The second-order valence-electron chi connectivity index (χ2n) is 23.7. The largest absolute Gasteiger partial charge is 0.309 e. The van der Waals surface area contributed by atoms with E-state index in [2.05, 4.69) is 296 Å². The maximum Gasteiger partial charge on any atom is 0.100 e. The fourth-order valence-electron chi connectivity index (χ4n) is 11.7. The van der Waals surface area contributed by atoms with Crippen molar-refractivity contribution in [2.45, 2.75) is 78.6 Å². The lowest BCUT2D eigenvalue weighted by Crippen LogP contribution is -2.11. The molecule has 0 radical (unpaired) electrons. The minimum absolute atomic E-state index is 0.0595. The van der Waals surface area contributed by atoms with Crippen molar-refractivity contribution in [2.75, 3.05) is 0 Å². The predicted molar refractivity (Wildman–Crippen MR) is 323 cm³/mol. The molecule has 0 aliphatic heterocycles. The van der Waals surface area contributed by atoms with Crippen LogP contribution in [0, 0.1) is 11.3 Å². The molecule has 0 unspecified atom stereocenters. The van der Waals surface area contributed by atoms with Crippen LogP contribution >= 0.6 is 0 Å². The van der Waals surface area contributed by atoms with Crippen LogP contribution in [0.4, 0.5) is 0 Å². The Bertz CT molecular complexity index is 3980. The maximum atomic E-state index is 12.4. The first-order chi connectivity index (χ1) is 36.6. The van der Waals surface area contributed by atoms with Gasteiger partial charge in [-0.3, -0.25) is 0 Å². The summed E-state index contributed by atoms with van der Waals surface area (Å²) < 4.78 is 4.76. The molecule has 0 aliphatic carbocycles. The number of nitriles is 1. The van der Waals surface area contributed by atoms with E-state index in [1.165, 1.54) is 27.5 Å². The zero-order chi connectivity index (χ0) is 52.7. The van der Waals surface area contributed by atoms with Gasteiger partial charge >= 0.3 is 0 Å². The van der Waals surface area contributed by atoms with Gasteiger partial charge in [-0.15, -0.1) is 0 Å². The number of hydrogen-bond donors (Lipinski definition) is 0. The zero-order valence-corrected chi connectivity index (χ0v) is 45.1. The summed E-state index contributed by atoms with van der Waals surface area (Å²) in [4.78, 5) is 0. The summed E-state index contributed by atoms with van der Waals surface area (Å²) in [7, 11) is 0. The molecule has 0 spiro atoms. The molecule has 2 aromatic heterocycles. The predicted octanol–water partition coefficient (Wildman–Crippen LogP) is 20.0. The number of aromatic nitrogens is 2. The third-order valence-electron chi connectivity index (χ3n) is 15.7. The smallest absolute Gasteiger partial charge is 0.100 e. The third-order valence-corrected chi connectivity index (χ3v) is 15.7. The minimum Gasteiger partial charge on any atom is -0.309 e. The average Bonchev–Trinajstić information content (AvgIpc) is 4.12. The Balaban J connectivity index is 1.30. The summed E-state index contributed by atoms with van der Waals surface area (Å²) >= 11 is 0. The molecule has 10 aromatic carbocycles. The zero-order valence-electron chi connectivity index (χ0n) is 45.1. The summed E-state index contributed by atoms with van der Waals surface area (Å²) in [6, 6.07) is 83.0. The summed E-state index contributed by atoms with van der Waals surface area (Å²) in [5.41, 5.74) is 20.9. The van der Waals surface area contributed by atoms with Crippen molar-refractivity contribution in [3.63, 3.8) is 0 Å². The van der Waals surface area contributed by atoms with Gasteiger partial charge in [0.05, 0.1) is 27.6 Å². The lowest BCUT2D eigenvalue weighted by atomic mass is 9.74. The van der Waals surface area contributed by atoms with E-state index in [1.54, 1.807) is 0 Å². The molecule has 370 valence electrons. The van der Waals surface area contributed by atoms with Crippen molar-refractivity contribution in [2.24, 2.45) is 0 Å². The van der Waals surface area contributed by atoms with Crippen LogP contribution in [0.5, 0.6) is 0 Å². The number of hydrogen-bond acceptors (Lipinski definition) is 1. The van der Waals surface area contributed by atoms with Gasteiger partial charge in [0.2, 0.25) is 0 Å². The monoisotopic (exact) mass is 982 g/mol. The Morgan fingerprint density at radius 1 is 0.289 bits per heavy atom. The minimum atomic E-state index is -0.0641. The lowest BCUT2D eigenvalue weighted by Gasteiger charge is -2.28. The maximum absolute atomic E-state index is 12.4. The standard InChI is InChI=1S/C73H63N3/c1-71(2,3)52-36-28-47(29-37-52)68-66(50-34-42-59-57-24-16-18-26-62(57)75(64(59)44-50)55-20-12-10-13-21-55)61(46-74)67(51-35-43-60-58-25-17-19-27-63(58)76(65(60)45-51)56-22-14-11-15-23-56)69(48-30-38-53(39-31-48)72(4,5)6)70(68)49-32-40-54(41-33-49)73(7,8)9/h10-45H,1-9H3. The normalized spacial score (nSPS) is 12.3. The molecule has 0 fully saturated rings. The van der Waals surface area contributed by atoms with E-state index in [4.69, 9.17) is 0 Å². The fraction of sp³-hybridized carbons (Fsp3) is 0.164. The molecule has 2 heterocycles. The fourth-order valence-corrected chi connectivity index (χ4v) is 11.7. The van der Waals surface area contributed by atoms with Crippen molar-refractivity contribution < 1.29 is 0 Å². The molecule has 76 heavy (non-hydrogen) atoms. The van der Waals surface area contributed by atoms with Crippen molar-refractivity contribution in [3.05, 3.63) is 241 Å².